The van der Waals surface area contributed by atoms with Crippen LogP contribution >= 0.6 is 0 Å². The lowest BCUT2D eigenvalue weighted by atomic mass is 9.72. The maximum atomic E-state index is 13.3. The minimum absolute atomic E-state index is 0.0831. The van der Waals surface area contributed by atoms with Gasteiger partial charge in [0.25, 0.3) is 5.91 Å². The molecule has 0 saturated carbocycles. The number of nitrogens with zero attached hydrogens (tertiary/aromatic N) is 1. The van der Waals surface area contributed by atoms with E-state index in [0.29, 0.717) is 33.5 Å². The maximum absolute atomic E-state index is 13.3. The quantitative estimate of drug-likeness (QED) is 0.660. The minimum atomic E-state index is -1.91. The van der Waals surface area contributed by atoms with Crippen LogP contribution in [0.2, 0.25) is 0 Å². The van der Waals surface area contributed by atoms with Gasteiger partial charge >= 0.3 is 11.9 Å². The molecule has 1 aliphatic rings. The number of rotatable bonds is 4. The van der Waals surface area contributed by atoms with E-state index in [0.717, 1.165) is 0 Å². The molecule has 0 amide bonds. The van der Waals surface area contributed by atoms with Gasteiger partial charge in [0.05, 0.1) is 12.6 Å². The molecular weight excluding hydrogens is 374 g/mol. The fourth-order valence-corrected chi connectivity index (χ4v) is 4.09. The van der Waals surface area contributed by atoms with Gasteiger partial charge in [-0.1, -0.05) is 18.2 Å². The highest BCUT2D eigenvalue weighted by molar-refractivity contribution is 6.06. The zero-order valence-electron chi connectivity index (χ0n) is 15.7. The predicted octanol–water partition coefficient (Wildman–Crippen LogP) is 2.98. The van der Waals surface area contributed by atoms with Crippen molar-refractivity contribution in [2.24, 2.45) is 5.41 Å². The summed E-state index contributed by atoms with van der Waals surface area (Å²) in [5, 5.41) is 20.0. The van der Waals surface area contributed by atoms with Crippen LogP contribution < -0.4 is 4.74 Å². The van der Waals surface area contributed by atoms with Crippen molar-refractivity contribution < 1.29 is 29.3 Å². The van der Waals surface area contributed by atoms with Gasteiger partial charge in [-0.3, -0.25) is 19.0 Å². The largest absolute Gasteiger partial charge is 0.497 e. The average molecular weight is 393 g/mol. The third-order valence-corrected chi connectivity index (χ3v) is 5.70. The summed E-state index contributed by atoms with van der Waals surface area (Å²) >= 11 is 0. The summed E-state index contributed by atoms with van der Waals surface area (Å²) in [6.07, 6.45) is -0.102. The summed E-state index contributed by atoms with van der Waals surface area (Å²) in [6.45, 7) is 0. The van der Waals surface area contributed by atoms with Gasteiger partial charge < -0.3 is 14.9 Å². The highest BCUT2D eigenvalue weighted by atomic mass is 16.5. The minimum Gasteiger partial charge on any atom is -0.497 e. The molecule has 7 nitrogen and oxygen atoms in total. The van der Waals surface area contributed by atoms with E-state index < -0.39 is 17.4 Å². The lowest BCUT2D eigenvalue weighted by Gasteiger charge is -2.29. The first-order chi connectivity index (χ1) is 13.9. The lowest BCUT2D eigenvalue weighted by molar-refractivity contribution is -0.165. The Morgan fingerprint density at radius 1 is 1.03 bits per heavy atom. The van der Waals surface area contributed by atoms with Crippen molar-refractivity contribution >= 4 is 28.7 Å². The molecule has 0 atom stereocenters. The van der Waals surface area contributed by atoms with Gasteiger partial charge in [0, 0.05) is 23.1 Å². The highest BCUT2D eigenvalue weighted by Crippen LogP contribution is 2.42. The normalized spacial score (nSPS) is 14.9. The van der Waals surface area contributed by atoms with Crippen molar-refractivity contribution in [3.05, 3.63) is 65.4 Å². The van der Waals surface area contributed by atoms with E-state index in [2.05, 4.69) is 0 Å². The Kier molecular flexibility index (Phi) is 4.38. The summed E-state index contributed by atoms with van der Waals surface area (Å²) in [4.78, 5) is 37.0. The molecule has 0 aliphatic heterocycles. The van der Waals surface area contributed by atoms with Gasteiger partial charge in [0.2, 0.25) is 0 Å². The second kappa shape index (κ2) is 6.77. The topological polar surface area (TPSA) is 106 Å². The molecule has 3 aromatic rings. The third-order valence-electron chi connectivity index (χ3n) is 5.70. The molecule has 1 heterocycles. The SMILES string of the molecule is COc1ccc2c(c1)c1c(n2C(=O)c2ccccc2)CCC(C(=O)O)(C(=O)O)C1. The number of ether oxygens (including phenoxy) is 1. The van der Waals surface area contributed by atoms with Gasteiger partial charge in [-0.05, 0) is 48.7 Å². The number of fused-ring (bicyclic) bond motifs is 3. The Balaban J connectivity index is 1.97. The molecule has 2 aromatic carbocycles. The van der Waals surface area contributed by atoms with Crippen LogP contribution in [0.25, 0.3) is 10.9 Å². The monoisotopic (exact) mass is 393 g/mol. The first-order valence-corrected chi connectivity index (χ1v) is 9.16. The number of carboxylic acid groups (broad SMARTS) is 2. The number of methoxy groups -OCH3 is 1. The molecule has 1 aromatic heterocycles. The molecule has 0 spiro atoms. The molecule has 0 unspecified atom stereocenters. The summed E-state index contributed by atoms with van der Waals surface area (Å²) in [5.41, 5.74) is 0.414. The van der Waals surface area contributed by atoms with Crippen LogP contribution in [0.4, 0.5) is 0 Å². The molecule has 4 rings (SSSR count). The molecule has 0 radical (unpaired) electrons. The summed E-state index contributed by atoms with van der Waals surface area (Å²) < 4.78 is 6.86. The van der Waals surface area contributed by atoms with E-state index in [1.165, 1.54) is 7.11 Å². The second-order valence-corrected chi connectivity index (χ2v) is 7.18. The van der Waals surface area contributed by atoms with Gasteiger partial charge in [0.15, 0.2) is 5.41 Å². The van der Waals surface area contributed by atoms with E-state index in [1.54, 1.807) is 47.0 Å². The van der Waals surface area contributed by atoms with Crippen molar-refractivity contribution in [3.8, 4) is 5.75 Å². The van der Waals surface area contributed by atoms with E-state index >= 15 is 0 Å². The second-order valence-electron chi connectivity index (χ2n) is 7.18. The van der Waals surface area contributed by atoms with Crippen LogP contribution in [0.15, 0.2) is 48.5 Å². The van der Waals surface area contributed by atoms with Crippen LogP contribution in [0.3, 0.4) is 0 Å². The number of carbonyl (C=O) groups excluding carboxylic acids is 1. The van der Waals surface area contributed by atoms with Crippen LogP contribution in [0.1, 0.15) is 28.0 Å². The fourth-order valence-electron chi connectivity index (χ4n) is 4.09. The van der Waals surface area contributed by atoms with Crippen molar-refractivity contribution in [3.63, 3.8) is 0 Å². The Hall–Kier alpha value is -3.61. The smallest absolute Gasteiger partial charge is 0.321 e. The van der Waals surface area contributed by atoms with Crippen molar-refractivity contribution in [2.75, 3.05) is 7.11 Å². The number of hydrogen-bond acceptors (Lipinski definition) is 4. The first-order valence-electron chi connectivity index (χ1n) is 9.16. The molecule has 0 fully saturated rings. The Morgan fingerprint density at radius 3 is 2.34 bits per heavy atom. The molecule has 7 heteroatoms. The predicted molar refractivity (Wildman–Crippen MR) is 104 cm³/mol. The van der Waals surface area contributed by atoms with Crippen LogP contribution in [-0.4, -0.2) is 39.7 Å². The van der Waals surface area contributed by atoms with Gasteiger partial charge in [0.1, 0.15) is 5.75 Å². The van der Waals surface area contributed by atoms with Crippen molar-refractivity contribution in [2.45, 2.75) is 19.3 Å². The van der Waals surface area contributed by atoms with Gasteiger partial charge in [-0.25, -0.2) is 0 Å². The number of carbonyl (C=O) groups is 3. The Bertz CT molecular complexity index is 1130. The van der Waals surface area contributed by atoms with E-state index in [4.69, 9.17) is 4.74 Å². The molecule has 148 valence electrons. The molecule has 0 saturated heterocycles. The molecule has 29 heavy (non-hydrogen) atoms. The Labute approximate surface area is 166 Å². The van der Waals surface area contributed by atoms with E-state index in [1.807, 2.05) is 6.07 Å². The van der Waals surface area contributed by atoms with Gasteiger partial charge in [-0.15, -0.1) is 0 Å². The maximum Gasteiger partial charge on any atom is 0.321 e. The van der Waals surface area contributed by atoms with Crippen LogP contribution in [-0.2, 0) is 22.4 Å². The standard InChI is InChI=1S/C22H19NO6/c1-29-14-7-8-17-15(11-14)16-12-22(20(25)26,21(27)28)10-9-18(16)23(17)19(24)13-5-3-2-4-6-13/h2-8,11H,9-10,12H2,1H3,(H,25,26)(H,27,28). The number of carboxylic acids is 2. The number of aromatic nitrogens is 1. The summed E-state index contributed by atoms with van der Waals surface area (Å²) in [7, 11) is 1.51. The number of benzene rings is 2. The lowest BCUT2D eigenvalue weighted by Crippen LogP contribution is -2.44. The number of hydrogen-bond donors (Lipinski definition) is 2. The zero-order valence-corrected chi connectivity index (χ0v) is 15.7. The first kappa shape index (κ1) is 18.7. The third kappa shape index (κ3) is 2.77. The van der Waals surface area contributed by atoms with E-state index in [9.17, 15) is 24.6 Å². The van der Waals surface area contributed by atoms with E-state index in [-0.39, 0.29) is 25.2 Å². The zero-order chi connectivity index (χ0) is 20.8. The Morgan fingerprint density at radius 2 is 1.72 bits per heavy atom. The molecule has 1 aliphatic carbocycles. The molecule has 0 bridgehead atoms. The van der Waals surface area contributed by atoms with Crippen LogP contribution in [0, 0.1) is 5.41 Å². The highest BCUT2D eigenvalue weighted by Gasteiger charge is 2.50. The van der Waals surface area contributed by atoms with Crippen molar-refractivity contribution in [1.82, 2.24) is 4.57 Å². The van der Waals surface area contributed by atoms with Crippen molar-refractivity contribution in [1.29, 1.82) is 0 Å². The fraction of sp³-hybridized carbons (Fsp3) is 0.227. The number of aliphatic carboxylic acids is 2. The molecule has 2 N–H and O–H groups in total. The summed E-state index contributed by atoms with van der Waals surface area (Å²) in [5.74, 6) is -2.42. The average Bonchev–Trinajstić information content (AvgIpc) is 3.06. The molecular formula is C22H19NO6. The summed E-state index contributed by atoms with van der Waals surface area (Å²) in [6, 6.07) is 14.0. The van der Waals surface area contributed by atoms with Gasteiger partial charge in [-0.2, -0.15) is 0 Å². The van der Waals surface area contributed by atoms with Crippen LogP contribution in [0.5, 0.6) is 5.75 Å².